The molecule has 2 nitrogen and oxygen atoms in total. The minimum atomic E-state index is -0.0368. The van der Waals surface area contributed by atoms with E-state index in [9.17, 15) is 4.79 Å². The summed E-state index contributed by atoms with van der Waals surface area (Å²) in [7, 11) is 1.47. The van der Waals surface area contributed by atoms with Crippen LogP contribution in [0.2, 0.25) is 0 Å². The van der Waals surface area contributed by atoms with Crippen molar-refractivity contribution in [2.75, 3.05) is 7.11 Å². The minimum Gasteiger partial charge on any atom is -0.469 e. The van der Waals surface area contributed by atoms with Crippen LogP contribution in [0.1, 0.15) is 32.1 Å². The highest BCUT2D eigenvalue weighted by molar-refractivity contribution is 5.72. The van der Waals surface area contributed by atoms with E-state index >= 15 is 0 Å². The van der Waals surface area contributed by atoms with Crippen LogP contribution in [0, 0.1) is 5.92 Å². The molecule has 0 saturated carbocycles. The smallest absolute Gasteiger partial charge is 0.308 e. The second kappa shape index (κ2) is 4.96. The first-order valence-electron chi connectivity index (χ1n) is 4.57. The van der Waals surface area contributed by atoms with E-state index in [4.69, 9.17) is 4.74 Å². The zero-order valence-electron chi connectivity index (χ0n) is 7.58. The Morgan fingerprint density at radius 2 is 2.08 bits per heavy atom. The molecule has 0 N–H and O–H groups in total. The number of carbonyl (C=O) groups excluding carboxylic acids is 1. The molecule has 1 aliphatic carbocycles. The standard InChI is InChI=1S/C10H16O2/c1-12-10(11)9-7-5-3-2-4-6-8-9/h2-3,9H,4-8H2,1H3/b3-2-. The molecule has 0 aliphatic heterocycles. The number of hydrogen-bond donors (Lipinski definition) is 0. The maximum atomic E-state index is 11.2. The zero-order chi connectivity index (χ0) is 8.81. The van der Waals surface area contributed by atoms with Gasteiger partial charge in [-0.2, -0.15) is 0 Å². The van der Waals surface area contributed by atoms with Gasteiger partial charge >= 0.3 is 5.97 Å². The molecule has 1 unspecified atom stereocenters. The fourth-order valence-corrected chi connectivity index (χ4v) is 1.56. The van der Waals surface area contributed by atoms with E-state index in [1.165, 1.54) is 7.11 Å². The van der Waals surface area contributed by atoms with E-state index in [0.29, 0.717) is 0 Å². The fourth-order valence-electron chi connectivity index (χ4n) is 1.56. The Morgan fingerprint density at radius 1 is 1.33 bits per heavy atom. The van der Waals surface area contributed by atoms with Crippen molar-refractivity contribution in [3.05, 3.63) is 12.2 Å². The van der Waals surface area contributed by atoms with E-state index in [0.717, 1.165) is 32.1 Å². The van der Waals surface area contributed by atoms with Crippen molar-refractivity contribution in [2.24, 2.45) is 5.92 Å². The minimum absolute atomic E-state index is 0.0368. The molecule has 1 rings (SSSR count). The Kier molecular flexibility index (Phi) is 3.85. The lowest BCUT2D eigenvalue weighted by Crippen LogP contribution is -2.16. The van der Waals surface area contributed by atoms with Crippen molar-refractivity contribution in [1.29, 1.82) is 0 Å². The van der Waals surface area contributed by atoms with Crippen LogP contribution >= 0.6 is 0 Å². The lowest BCUT2D eigenvalue weighted by atomic mass is 9.94. The summed E-state index contributed by atoms with van der Waals surface area (Å²) in [6, 6.07) is 0. The molecule has 0 aromatic heterocycles. The molecule has 0 aromatic rings. The summed E-state index contributed by atoms with van der Waals surface area (Å²) in [4.78, 5) is 11.2. The van der Waals surface area contributed by atoms with Gasteiger partial charge in [0.05, 0.1) is 13.0 Å². The van der Waals surface area contributed by atoms with Crippen LogP contribution in [0.25, 0.3) is 0 Å². The molecular weight excluding hydrogens is 152 g/mol. The second-order valence-corrected chi connectivity index (χ2v) is 3.20. The molecular formula is C10H16O2. The summed E-state index contributed by atoms with van der Waals surface area (Å²) in [6.07, 6.45) is 9.52. The summed E-state index contributed by atoms with van der Waals surface area (Å²) in [5.74, 6) is 0.102. The van der Waals surface area contributed by atoms with E-state index in [-0.39, 0.29) is 11.9 Å². The maximum Gasteiger partial charge on any atom is 0.308 e. The second-order valence-electron chi connectivity index (χ2n) is 3.20. The van der Waals surface area contributed by atoms with E-state index in [1.54, 1.807) is 0 Å². The van der Waals surface area contributed by atoms with Crippen LogP contribution < -0.4 is 0 Å². The molecule has 0 heterocycles. The first kappa shape index (κ1) is 9.30. The average molecular weight is 168 g/mol. The van der Waals surface area contributed by atoms with E-state index in [2.05, 4.69) is 12.2 Å². The molecule has 0 fully saturated rings. The molecule has 0 amide bonds. The topological polar surface area (TPSA) is 26.3 Å². The third-order valence-electron chi connectivity index (χ3n) is 2.31. The molecule has 0 saturated heterocycles. The highest BCUT2D eigenvalue weighted by Gasteiger charge is 2.17. The molecule has 1 aliphatic rings. The molecule has 0 bridgehead atoms. The quantitative estimate of drug-likeness (QED) is 0.443. The molecule has 2 heteroatoms. The Balaban J connectivity index is 2.42. The summed E-state index contributed by atoms with van der Waals surface area (Å²) in [5, 5.41) is 0. The van der Waals surface area contributed by atoms with Crippen LogP contribution in [0.5, 0.6) is 0 Å². The number of methoxy groups -OCH3 is 1. The largest absolute Gasteiger partial charge is 0.469 e. The average Bonchev–Trinajstić information content (AvgIpc) is 2.02. The zero-order valence-corrected chi connectivity index (χ0v) is 7.58. The lowest BCUT2D eigenvalue weighted by molar-refractivity contribution is -0.145. The number of rotatable bonds is 1. The van der Waals surface area contributed by atoms with Gasteiger partial charge in [0, 0.05) is 0 Å². The van der Waals surface area contributed by atoms with Crippen LogP contribution in [-0.4, -0.2) is 13.1 Å². The van der Waals surface area contributed by atoms with Gasteiger partial charge in [0.25, 0.3) is 0 Å². The van der Waals surface area contributed by atoms with Gasteiger partial charge in [0.1, 0.15) is 0 Å². The molecule has 0 radical (unpaired) electrons. The Labute approximate surface area is 73.6 Å². The van der Waals surface area contributed by atoms with Gasteiger partial charge in [-0.1, -0.05) is 12.2 Å². The number of allylic oxidation sites excluding steroid dienone is 2. The molecule has 12 heavy (non-hydrogen) atoms. The highest BCUT2D eigenvalue weighted by Crippen LogP contribution is 2.19. The van der Waals surface area contributed by atoms with Crippen LogP contribution in [0.15, 0.2) is 12.2 Å². The number of esters is 1. The van der Waals surface area contributed by atoms with Gasteiger partial charge in [0.2, 0.25) is 0 Å². The van der Waals surface area contributed by atoms with Gasteiger partial charge in [0.15, 0.2) is 0 Å². The monoisotopic (exact) mass is 168 g/mol. The van der Waals surface area contributed by atoms with E-state index < -0.39 is 0 Å². The SMILES string of the molecule is COC(=O)C1CC/C=C\CCC1. The van der Waals surface area contributed by atoms with Gasteiger partial charge in [-0.3, -0.25) is 4.79 Å². The summed E-state index contributed by atoms with van der Waals surface area (Å²) in [5.41, 5.74) is 0. The first-order chi connectivity index (χ1) is 5.84. The summed E-state index contributed by atoms with van der Waals surface area (Å²) < 4.78 is 4.72. The first-order valence-corrected chi connectivity index (χ1v) is 4.57. The Bertz CT molecular complexity index is 173. The molecule has 68 valence electrons. The Hall–Kier alpha value is -0.790. The molecule has 0 aromatic carbocycles. The van der Waals surface area contributed by atoms with Gasteiger partial charge in [-0.25, -0.2) is 0 Å². The molecule has 0 spiro atoms. The number of carbonyl (C=O) groups is 1. The predicted molar refractivity (Wildman–Crippen MR) is 47.7 cm³/mol. The van der Waals surface area contributed by atoms with Crippen molar-refractivity contribution in [3.8, 4) is 0 Å². The summed E-state index contributed by atoms with van der Waals surface area (Å²) in [6.45, 7) is 0. The van der Waals surface area contributed by atoms with E-state index in [1.807, 2.05) is 0 Å². The maximum absolute atomic E-state index is 11.2. The lowest BCUT2D eigenvalue weighted by Gasteiger charge is -2.14. The van der Waals surface area contributed by atoms with Crippen molar-refractivity contribution >= 4 is 5.97 Å². The summed E-state index contributed by atoms with van der Waals surface area (Å²) >= 11 is 0. The van der Waals surface area contributed by atoms with Gasteiger partial charge in [-0.05, 0) is 32.1 Å². The molecule has 1 atom stereocenters. The third-order valence-corrected chi connectivity index (χ3v) is 2.31. The van der Waals surface area contributed by atoms with Crippen LogP contribution in [-0.2, 0) is 9.53 Å². The van der Waals surface area contributed by atoms with Crippen LogP contribution in [0.3, 0.4) is 0 Å². The van der Waals surface area contributed by atoms with Gasteiger partial charge < -0.3 is 4.74 Å². The van der Waals surface area contributed by atoms with Crippen LogP contribution in [0.4, 0.5) is 0 Å². The highest BCUT2D eigenvalue weighted by atomic mass is 16.5. The predicted octanol–water partition coefficient (Wildman–Crippen LogP) is 2.30. The third kappa shape index (κ3) is 2.68. The number of ether oxygens (including phenoxy) is 1. The number of hydrogen-bond acceptors (Lipinski definition) is 2. The van der Waals surface area contributed by atoms with Gasteiger partial charge in [-0.15, -0.1) is 0 Å². The van der Waals surface area contributed by atoms with Crippen molar-refractivity contribution < 1.29 is 9.53 Å². The van der Waals surface area contributed by atoms with Crippen molar-refractivity contribution in [2.45, 2.75) is 32.1 Å². The van der Waals surface area contributed by atoms with Crippen molar-refractivity contribution in [1.82, 2.24) is 0 Å². The normalized spacial score (nSPS) is 26.9. The van der Waals surface area contributed by atoms with Crippen molar-refractivity contribution in [3.63, 3.8) is 0 Å². The Morgan fingerprint density at radius 3 is 2.83 bits per heavy atom. The fraction of sp³-hybridized carbons (Fsp3) is 0.700.